The van der Waals surface area contributed by atoms with Crippen LogP contribution in [0.1, 0.15) is 15.9 Å². The minimum atomic E-state index is -4.40. The van der Waals surface area contributed by atoms with E-state index in [1.165, 1.54) is 24.3 Å². The molecule has 0 saturated carbocycles. The molecule has 1 unspecified atom stereocenters. The van der Waals surface area contributed by atoms with Crippen LogP contribution in [0.2, 0.25) is 0 Å². The van der Waals surface area contributed by atoms with Gasteiger partial charge in [0, 0.05) is 12.1 Å². The summed E-state index contributed by atoms with van der Waals surface area (Å²) in [4.78, 5) is 22.8. The number of amides is 1. The van der Waals surface area contributed by atoms with E-state index in [4.69, 9.17) is 10.8 Å². The van der Waals surface area contributed by atoms with Gasteiger partial charge >= 0.3 is 12.1 Å². The highest BCUT2D eigenvalue weighted by atomic mass is 19.4. The molecular formula is C17H15F3N2O3. The Labute approximate surface area is 141 Å². The molecule has 0 saturated heterocycles. The second-order valence-electron chi connectivity index (χ2n) is 5.25. The van der Waals surface area contributed by atoms with Crippen LogP contribution < -0.4 is 11.1 Å². The number of carbonyl (C=O) groups excluding carboxylic acids is 1. The summed E-state index contributed by atoms with van der Waals surface area (Å²) in [6.45, 7) is -0.245. The van der Waals surface area contributed by atoms with Crippen LogP contribution in [0.3, 0.4) is 0 Å². The van der Waals surface area contributed by atoms with Gasteiger partial charge in [-0.15, -0.1) is 0 Å². The van der Waals surface area contributed by atoms with Gasteiger partial charge in [-0.25, -0.2) is 4.79 Å². The van der Waals surface area contributed by atoms with Crippen LogP contribution in [0.25, 0.3) is 11.1 Å². The van der Waals surface area contributed by atoms with Gasteiger partial charge in [-0.05, 0) is 35.4 Å². The minimum Gasteiger partial charge on any atom is -0.480 e. The van der Waals surface area contributed by atoms with Crippen molar-refractivity contribution < 1.29 is 27.9 Å². The number of carbonyl (C=O) groups is 2. The third-order valence-corrected chi connectivity index (χ3v) is 3.53. The summed E-state index contributed by atoms with van der Waals surface area (Å²) in [5.41, 5.74) is 5.93. The summed E-state index contributed by atoms with van der Waals surface area (Å²) in [6, 6.07) is 9.49. The lowest BCUT2D eigenvalue weighted by atomic mass is 10.0. The quantitative estimate of drug-likeness (QED) is 0.771. The highest BCUT2D eigenvalue weighted by Crippen LogP contribution is 2.31. The molecule has 2 aromatic rings. The highest BCUT2D eigenvalue weighted by molar-refractivity contribution is 5.97. The Morgan fingerprint density at radius 1 is 1.00 bits per heavy atom. The molecule has 2 aromatic carbocycles. The number of carboxylic acids is 1. The lowest BCUT2D eigenvalue weighted by molar-refractivity contribution is -0.139. The normalized spacial score (nSPS) is 12.5. The number of hydrogen-bond donors (Lipinski definition) is 3. The molecule has 0 bridgehead atoms. The van der Waals surface area contributed by atoms with E-state index in [1.807, 2.05) is 0 Å². The van der Waals surface area contributed by atoms with E-state index in [0.717, 1.165) is 12.1 Å². The van der Waals surface area contributed by atoms with Gasteiger partial charge in [0.2, 0.25) is 0 Å². The average Bonchev–Trinajstić information content (AvgIpc) is 2.58. The van der Waals surface area contributed by atoms with Crippen molar-refractivity contribution in [2.24, 2.45) is 5.73 Å². The third kappa shape index (κ3) is 4.57. The van der Waals surface area contributed by atoms with Gasteiger partial charge in [0.1, 0.15) is 6.04 Å². The van der Waals surface area contributed by atoms with E-state index in [0.29, 0.717) is 11.1 Å². The van der Waals surface area contributed by atoms with E-state index in [9.17, 15) is 22.8 Å². The second-order valence-corrected chi connectivity index (χ2v) is 5.25. The molecule has 0 spiro atoms. The first-order valence-electron chi connectivity index (χ1n) is 7.24. The maximum atomic E-state index is 12.6. The Morgan fingerprint density at radius 3 is 1.88 bits per heavy atom. The van der Waals surface area contributed by atoms with Crippen molar-refractivity contribution in [3.05, 3.63) is 59.7 Å². The summed E-state index contributed by atoms with van der Waals surface area (Å²) >= 11 is 0. The van der Waals surface area contributed by atoms with Gasteiger partial charge in [0.05, 0.1) is 5.56 Å². The van der Waals surface area contributed by atoms with Gasteiger partial charge in [-0.3, -0.25) is 4.79 Å². The zero-order valence-corrected chi connectivity index (χ0v) is 12.9. The van der Waals surface area contributed by atoms with Crippen molar-refractivity contribution in [2.75, 3.05) is 6.54 Å². The monoisotopic (exact) mass is 352 g/mol. The standard InChI is InChI=1S/C17H15F3N2O3/c18-17(19,20)13-7-5-11(6-8-13)10-1-3-12(4-2-10)15(23)22-14(9-21)16(24)25/h1-8,14H,9,21H2,(H,22,23)(H,24,25). The first-order chi connectivity index (χ1) is 11.7. The molecule has 5 nitrogen and oxygen atoms in total. The van der Waals surface area contributed by atoms with Crippen LogP contribution in [0, 0.1) is 0 Å². The molecule has 4 N–H and O–H groups in total. The lowest BCUT2D eigenvalue weighted by Gasteiger charge is -2.12. The summed E-state index contributed by atoms with van der Waals surface area (Å²) in [5, 5.41) is 11.1. The van der Waals surface area contributed by atoms with Crippen molar-refractivity contribution in [2.45, 2.75) is 12.2 Å². The summed E-state index contributed by atoms with van der Waals surface area (Å²) in [7, 11) is 0. The summed E-state index contributed by atoms with van der Waals surface area (Å²) < 4.78 is 37.7. The van der Waals surface area contributed by atoms with Crippen LogP contribution in [0.15, 0.2) is 48.5 Å². The first-order valence-corrected chi connectivity index (χ1v) is 7.24. The molecule has 1 amide bonds. The molecule has 8 heteroatoms. The van der Waals surface area contributed by atoms with E-state index in [2.05, 4.69) is 5.32 Å². The van der Waals surface area contributed by atoms with Crippen molar-refractivity contribution >= 4 is 11.9 Å². The van der Waals surface area contributed by atoms with Crippen LogP contribution in [0.4, 0.5) is 13.2 Å². The number of rotatable bonds is 5. The lowest BCUT2D eigenvalue weighted by Crippen LogP contribution is -2.45. The van der Waals surface area contributed by atoms with Crippen molar-refractivity contribution in [1.82, 2.24) is 5.32 Å². The smallest absolute Gasteiger partial charge is 0.416 e. The molecule has 0 radical (unpaired) electrons. The third-order valence-electron chi connectivity index (χ3n) is 3.53. The molecule has 0 fully saturated rings. The molecule has 0 aromatic heterocycles. The number of nitrogens with one attached hydrogen (secondary N) is 1. The molecule has 2 rings (SSSR count). The fraction of sp³-hybridized carbons (Fsp3) is 0.176. The van der Waals surface area contributed by atoms with Crippen molar-refractivity contribution in [3.63, 3.8) is 0 Å². The number of alkyl halides is 3. The van der Waals surface area contributed by atoms with Crippen LogP contribution >= 0.6 is 0 Å². The molecular weight excluding hydrogens is 337 g/mol. The fourth-order valence-corrected chi connectivity index (χ4v) is 2.13. The van der Waals surface area contributed by atoms with Gasteiger partial charge in [-0.1, -0.05) is 24.3 Å². The molecule has 0 aliphatic carbocycles. The zero-order chi connectivity index (χ0) is 18.6. The van der Waals surface area contributed by atoms with Crippen molar-refractivity contribution in [1.29, 1.82) is 0 Å². The van der Waals surface area contributed by atoms with E-state index in [-0.39, 0.29) is 12.1 Å². The molecule has 132 valence electrons. The molecule has 0 aliphatic heterocycles. The molecule has 25 heavy (non-hydrogen) atoms. The predicted octanol–water partition coefficient (Wildman–Crippen LogP) is 2.51. The Hall–Kier alpha value is -2.87. The van der Waals surface area contributed by atoms with E-state index in [1.54, 1.807) is 12.1 Å². The predicted molar refractivity (Wildman–Crippen MR) is 84.8 cm³/mol. The van der Waals surface area contributed by atoms with Crippen LogP contribution in [0.5, 0.6) is 0 Å². The van der Waals surface area contributed by atoms with Crippen LogP contribution in [-0.4, -0.2) is 29.6 Å². The van der Waals surface area contributed by atoms with E-state index < -0.39 is 29.7 Å². The SMILES string of the molecule is NCC(NC(=O)c1ccc(-c2ccc(C(F)(F)F)cc2)cc1)C(=O)O. The van der Waals surface area contributed by atoms with Crippen molar-refractivity contribution in [3.8, 4) is 11.1 Å². The molecule has 0 heterocycles. The molecule has 1 atom stereocenters. The Bertz CT molecular complexity index is 756. The topological polar surface area (TPSA) is 92.4 Å². The number of nitrogens with two attached hydrogens (primary N) is 1. The van der Waals surface area contributed by atoms with Gasteiger partial charge in [0.25, 0.3) is 5.91 Å². The number of aliphatic carboxylic acids is 1. The second kappa shape index (κ2) is 7.35. The highest BCUT2D eigenvalue weighted by Gasteiger charge is 2.29. The number of carboxylic acid groups (broad SMARTS) is 1. The van der Waals surface area contributed by atoms with Gasteiger partial charge in [0.15, 0.2) is 0 Å². The van der Waals surface area contributed by atoms with Gasteiger partial charge in [-0.2, -0.15) is 13.2 Å². The Morgan fingerprint density at radius 2 is 1.48 bits per heavy atom. The minimum absolute atomic E-state index is 0.218. The summed E-state index contributed by atoms with van der Waals surface area (Å²) in [5.74, 6) is -1.84. The number of benzene rings is 2. The average molecular weight is 352 g/mol. The van der Waals surface area contributed by atoms with Gasteiger partial charge < -0.3 is 16.2 Å². The Balaban J connectivity index is 2.14. The zero-order valence-electron chi connectivity index (χ0n) is 12.9. The Kier molecular flexibility index (Phi) is 5.43. The largest absolute Gasteiger partial charge is 0.480 e. The maximum absolute atomic E-state index is 12.6. The fourth-order valence-electron chi connectivity index (χ4n) is 2.13. The molecule has 0 aliphatic rings. The number of hydrogen-bond acceptors (Lipinski definition) is 3. The summed E-state index contributed by atoms with van der Waals surface area (Å²) in [6.07, 6.45) is -4.40. The number of halogens is 3. The maximum Gasteiger partial charge on any atom is 0.416 e. The first kappa shape index (κ1) is 18.5. The van der Waals surface area contributed by atoms with Crippen LogP contribution in [-0.2, 0) is 11.0 Å². The van der Waals surface area contributed by atoms with E-state index >= 15 is 0 Å².